The number of carbonyl (C=O) groups excluding carboxylic acids is 1. The van der Waals surface area contributed by atoms with Crippen molar-refractivity contribution >= 4 is 27.6 Å². The number of esters is 1. The van der Waals surface area contributed by atoms with Gasteiger partial charge in [-0.2, -0.15) is 0 Å². The minimum absolute atomic E-state index is 0.00453. The highest BCUT2D eigenvalue weighted by molar-refractivity contribution is 9.10. The molecule has 0 saturated heterocycles. The zero-order chi connectivity index (χ0) is 13.0. The quantitative estimate of drug-likeness (QED) is 0.487. The van der Waals surface area contributed by atoms with Crippen LogP contribution in [0.15, 0.2) is 16.6 Å². The van der Waals surface area contributed by atoms with Crippen LogP contribution < -0.4 is 0 Å². The van der Waals surface area contributed by atoms with E-state index in [1.807, 2.05) is 0 Å². The van der Waals surface area contributed by atoms with Gasteiger partial charge >= 0.3 is 5.97 Å². The van der Waals surface area contributed by atoms with Crippen molar-refractivity contribution in [3.8, 4) is 0 Å². The topological polar surface area (TPSA) is 69.4 Å². The van der Waals surface area contributed by atoms with Gasteiger partial charge in [0.05, 0.1) is 22.4 Å². The van der Waals surface area contributed by atoms with E-state index in [2.05, 4.69) is 15.9 Å². The van der Waals surface area contributed by atoms with Crippen molar-refractivity contribution in [3.63, 3.8) is 0 Å². The molecule has 1 aromatic carbocycles. The number of benzene rings is 1. The Morgan fingerprint density at radius 2 is 2.18 bits per heavy atom. The molecule has 0 unspecified atom stereocenters. The molecule has 0 N–H and O–H groups in total. The number of carbonyl (C=O) groups is 1. The van der Waals surface area contributed by atoms with Crippen LogP contribution in [-0.4, -0.2) is 17.5 Å². The first-order valence-electron chi connectivity index (χ1n) is 5.04. The van der Waals surface area contributed by atoms with Crippen LogP contribution >= 0.6 is 15.9 Å². The molecule has 5 nitrogen and oxygen atoms in total. The minimum Gasteiger partial charge on any atom is -0.466 e. The summed E-state index contributed by atoms with van der Waals surface area (Å²) in [6.45, 7) is 3.79. The van der Waals surface area contributed by atoms with Crippen LogP contribution in [0.3, 0.4) is 0 Å². The fourth-order valence-corrected chi connectivity index (χ4v) is 1.94. The van der Waals surface area contributed by atoms with E-state index in [1.165, 1.54) is 6.07 Å². The van der Waals surface area contributed by atoms with Gasteiger partial charge in [-0.3, -0.25) is 14.9 Å². The Balaban J connectivity index is 2.99. The van der Waals surface area contributed by atoms with Crippen LogP contribution in [0.4, 0.5) is 5.69 Å². The maximum absolute atomic E-state index is 11.3. The Labute approximate surface area is 107 Å². The summed E-state index contributed by atoms with van der Waals surface area (Å²) in [5.41, 5.74) is 1.42. The van der Waals surface area contributed by atoms with Crippen LogP contribution in [0.25, 0.3) is 0 Å². The molecular formula is C11H12BrNO4. The number of nitro benzene ring substituents is 1. The van der Waals surface area contributed by atoms with E-state index in [-0.39, 0.29) is 18.1 Å². The molecule has 0 bridgehead atoms. The van der Waals surface area contributed by atoms with Gasteiger partial charge in [0.1, 0.15) is 0 Å². The first-order valence-corrected chi connectivity index (χ1v) is 5.84. The monoisotopic (exact) mass is 301 g/mol. The highest BCUT2D eigenvalue weighted by atomic mass is 79.9. The Bertz CT molecular complexity index is 459. The van der Waals surface area contributed by atoms with Gasteiger partial charge in [0.2, 0.25) is 0 Å². The summed E-state index contributed by atoms with van der Waals surface area (Å²) in [6.07, 6.45) is 0.121. The van der Waals surface area contributed by atoms with Crippen LogP contribution in [0.2, 0.25) is 0 Å². The second-order valence-corrected chi connectivity index (χ2v) is 4.32. The van der Waals surface area contributed by atoms with E-state index in [4.69, 9.17) is 4.74 Å². The number of hydrogen-bond acceptors (Lipinski definition) is 4. The van der Waals surface area contributed by atoms with Crippen LogP contribution in [0.1, 0.15) is 18.1 Å². The number of nitro groups is 1. The van der Waals surface area contributed by atoms with Crippen molar-refractivity contribution in [2.75, 3.05) is 6.61 Å². The standard InChI is InChI=1S/C11H12BrNO4/c1-3-17-11(14)6-8-5-9(12)10(13(15)16)4-7(8)2/h4-5H,3,6H2,1-2H3. The molecule has 0 atom stereocenters. The molecule has 0 aromatic heterocycles. The van der Waals surface area contributed by atoms with E-state index in [1.54, 1.807) is 19.9 Å². The summed E-state index contributed by atoms with van der Waals surface area (Å²) in [5.74, 6) is -0.337. The smallest absolute Gasteiger partial charge is 0.310 e. The van der Waals surface area contributed by atoms with E-state index in [9.17, 15) is 14.9 Å². The molecule has 0 aliphatic carbocycles. The summed E-state index contributed by atoms with van der Waals surface area (Å²) in [4.78, 5) is 21.6. The molecule has 0 fully saturated rings. The Hall–Kier alpha value is -1.43. The fraction of sp³-hybridized carbons (Fsp3) is 0.364. The van der Waals surface area contributed by atoms with Gasteiger partial charge < -0.3 is 4.74 Å². The number of halogens is 1. The maximum atomic E-state index is 11.3. The molecule has 0 spiro atoms. The van der Waals surface area contributed by atoms with E-state index in [0.29, 0.717) is 16.6 Å². The van der Waals surface area contributed by atoms with Gasteiger partial charge in [-0.15, -0.1) is 0 Å². The minimum atomic E-state index is -0.467. The first kappa shape index (κ1) is 13.6. The van der Waals surface area contributed by atoms with Gasteiger partial charge in [-0.25, -0.2) is 0 Å². The van der Waals surface area contributed by atoms with Crippen molar-refractivity contribution < 1.29 is 14.5 Å². The summed E-state index contributed by atoms with van der Waals surface area (Å²) >= 11 is 3.12. The summed E-state index contributed by atoms with van der Waals surface area (Å²) in [7, 11) is 0. The number of nitrogens with zero attached hydrogens (tertiary/aromatic N) is 1. The normalized spacial score (nSPS) is 10.1. The molecule has 1 aromatic rings. The summed E-state index contributed by atoms with van der Waals surface area (Å²) in [6, 6.07) is 3.03. The molecule has 0 aliphatic heterocycles. The highest BCUT2D eigenvalue weighted by Gasteiger charge is 2.16. The molecule has 6 heteroatoms. The number of rotatable bonds is 4. The first-order chi connectivity index (χ1) is 7.95. The summed E-state index contributed by atoms with van der Waals surface area (Å²) in [5, 5.41) is 10.7. The average Bonchev–Trinajstić information content (AvgIpc) is 2.22. The van der Waals surface area contributed by atoms with Crippen molar-refractivity contribution in [1.82, 2.24) is 0 Å². The van der Waals surface area contributed by atoms with E-state index in [0.717, 1.165) is 5.56 Å². The Morgan fingerprint density at radius 1 is 1.53 bits per heavy atom. The molecule has 0 amide bonds. The number of aryl methyl sites for hydroxylation is 1. The molecule has 17 heavy (non-hydrogen) atoms. The zero-order valence-electron chi connectivity index (χ0n) is 9.53. The van der Waals surface area contributed by atoms with E-state index < -0.39 is 4.92 Å². The lowest BCUT2D eigenvalue weighted by molar-refractivity contribution is -0.385. The summed E-state index contributed by atoms with van der Waals surface area (Å²) < 4.78 is 5.20. The van der Waals surface area contributed by atoms with Gasteiger partial charge in [0.25, 0.3) is 5.69 Å². The number of ether oxygens (including phenoxy) is 1. The lowest BCUT2D eigenvalue weighted by atomic mass is 10.1. The van der Waals surface area contributed by atoms with Crippen molar-refractivity contribution in [2.45, 2.75) is 20.3 Å². The lowest BCUT2D eigenvalue weighted by Crippen LogP contribution is -2.08. The second-order valence-electron chi connectivity index (χ2n) is 3.47. The maximum Gasteiger partial charge on any atom is 0.310 e. The van der Waals surface area contributed by atoms with Gasteiger partial charge in [-0.1, -0.05) is 0 Å². The molecular weight excluding hydrogens is 290 g/mol. The molecule has 0 aliphatic rings. The van der Waals surface area contributed by atoms with Crippen LogP contribution in [-0.2, 0) is 16.0 Å². The highest BCUT2D eigenvalue weighted by Crippen LogP contribution is 2.28. The predicted molar refractivity (Wildman–Crippen MR) is 65.9 cm³/mol. The zero-order valence-corrected chi connectivity index (χ0v) is 11.1. The van der Waals surface area contributed by atoms with Gasteiger partial charge in [-0.05, 0) is 47.0 Å². The Kier molecular flexibility index (Phi) is 4.62. The van der Waals surface area contributed by atoms with Gasteiger partial charge in [0.15, 0.2) is 0 Å². The second kappa shape index (κ2) is 5.77. The fourth-order valence-electron chi connectivity index (χ4n) is 1.41. The van der Waals surface area contributed by atoms with Crippen molar-refractivity contribution in [3.05, 3.63) is 37.8 Å². The molecule has 0 heterocycles. The number of hydrogen-bond donors (Lipinski definition) is 0. The Morgan fingerprint density at radius 3 is 2.71 bits per heavy atom. The average molecular weight is 302 g/mol. The van der Waals surface area contributed by atoms with Crippen LogP contribution in [0.5, 0.6) is 0 Å². The third kappa shape index (κ3) is 3.52. The lowest BCUT2D eigenvalue weighted by Gasteiger charge is -2.06. The van der Waals surface area contributed by atoms with Gasteiger partial charge in [0, 0.05) is 6.07 Å². The van der Waals surface area contributed by atoms with Crippen LogP contribution in [0, 0.1) is 17.0 Å². The van der Waals surface area contributed by atoms with E-state index >= 15 is 0 Å². The molecule has 0 radical (unpaired) electrons. The molecule has 0 saturated carbocycles. The largest absolute Gasteiger partial charge is 0.466 e. The third-order valence-electron chi connectivity index (χ3n) is 2.24. The van der Waals surface area contributed by atoms with Crippen molar-refractivity contribution in [2.24, 2.45) is 0 Å². The predicted octanol–water partition coefficient (Wildman–Crippen LogP) is 2.77. The molecule has 1 rings (SSSR count). The van der Waals surface area contributed by atoms with Crippen molar-refractivity contribution in [1.29, 1.82) is 0 Å². The molecule has 92 valence electrons. The SMILES string of the molecule is CCOC(=O)Cc1cc(Br)c([N+](=O)[O-])cc1C. The third-order valence-corrected chi connectivity index (χ3v) is 2.88.